The van der Waals surface area contributed by atoms with E-state index in [-0.39, 0.29) is 5.97 Å². The maximum absolute atomic E-state index is 12.0. The molecule has 2 heteroatoms. The summed E-state index contributed by atoms with van der Waals surface area (Å²) in [6.07, 6.45) is 12.5. The molecule has 110 valence electrons. The number of hydrogen-bond acceptors (Lipinski definition) is 2. The Balaban J connectivity index is 2.79. The van der Waals surface area contributed by atoms with Gasteiger partial charge in [0.15, 0.2) is 0 Å². The molecule has 1 rings (SSSR count). The molecule has 0 spiro atoms. The number of carbonyl (C=O) groups is 1. The van der Waals surface area contributed by atoms with Crippen LogP contribution in [0.3, 0.4) is 0 Å². The number of esters is 1. The molecule has 0 bridgehead atoms. The molecule has 0 fully saturated rings. The van der Waals surface area contributed by atoms with Crippen molar-refractivity contribution in [3.8, 4) is 0 Å². The van der Waals surface area contributed by atoms with E-state index in [1.807, 2.05) is 36.4 Å². The third-order valence-corrected chi connectivity index (χ3v) is 2.74. The second-order valence-electron chi connectivity index (χ2n) is 4.48. The number of hydrogen-bond donors (Lipinski definition) is 0. The average molecular weight is 282 g/mol. The molecule has 2 nitrogen and oxygen atoms in total. The van der Waals surface area contributed by atoms with Crippen molar-refractivity contribution in [2.45, 2.75) is 19.8 Å². The van der Waals surface area contributed by atoms with E-state index in [4.69, 9.17) is 4.74 Å². The first-order valence-corrected chi connectivity index (χ1v) is 7.17. The molecule has 0 saturated heterocycles. The van der Waals surface area contributed by atoms with E-state index >= 15 is 0 Å². The molecule has 0 heterocycles. The minimum atomic E-state index is -0.302. The van der Waals surface area contributed by atoms with Gasteiger partial charge in [-0.15, -0.1) is 0 Å². The summed E-state index contributed by atoms with van der Waals surface area (Å²) in [5.41, 5.74) is 1.56. The van der Waals surface area contributed by atoms with E-state index in [9.17, 15) is 4.79 Å². The zero-order valence-electron chi connectivity index (χ0n) is 12.5. The largest absolute Gasteiger partial charge is 0.462 e. The van der Waals surface area contributed by atoms with Gasteiger partial charge in [0.05, 0.1) is 12.2 Å². The number of benzene rings is 1. The number of ether oxygens (including phenoxy) is 1. The fourth-order valence-electron chi connectivity index (χ4n) is 1.57. The Labute approximate surface area is 127 Å². The van der Waals surface area contributed by atoms with Gasteiger partial charge in [-0.05, 0) is 24.1 Å². The Kier molecular flexibility index (Phi) is 8.30. The quantitative estimate of drug-likeness (QED) is 0.299. The van der Waals surface area contributed by atoms with E-state index in [2.05, 4.69) is 13.5 Å². The van der Waals surface area contributed by atoms with Crippen LogP contribution in [0.5, 0.6) is 0 Å². The van der Waals surface area contributed by atoms with Crippen molar-refractivity contribution in [1.82, 2.24) is 0 Å². The van der Waals surface area contributed by atoms with Gasteiger partial charge in [-0.3, -0.25) is 0 Å². The number of rotatable bonds is 8. The highest BCUT2D eigenvalue weighted by Gasteiger charge is 2.06. The monoisotopic (exact) mass is 282 g/mol. The molecule has 0 aliphatic rings. The van der Waals surface area contributed by atoms with Gasteiger partial charge >= 0.3 is 5.97 Å². The van der Waals surface area contributed by atoms with Gasteiger partial charge in [0.1, 0.15) is 0 Å². The Morgan fingerprint density at radius 3 is 2.67 bits per heavy atom. The first kappa shape index (κ1) is 16.7. The van der Waals surface area contributed by atoms with E-state index in [0.717, 1.165) is 18.4 Å². The van der Waals surface area contributed by atoms with Crippen molar-refractivity contribution < 1.29 is 9.53 Å². The van der Waals surface area contributed by atoms with E-state index in [1.165, 1.54) is 0 Å². The third-order valence-electron chi connectivity index (χ3n) is 2.74. The fourth-order valence-corrected chi connectivity index (χ4v) is 1.57. The Morgan fingerprint density at radius 1 is 1.24 bits per heavy atom. The zero-order valence-corrected chi connectivity index (χ0v) is 12.5. The smallest absolute Gasteiger partial charge is 0.338 e. The summed E-state index contributed by atoms with van der Waals surface area (Å²) >= 11 is 0. The van der Waals surface area contributed by atoms with Crippen LogP contribution in [-0.4, -0.2) is 12.6 Å². The van der Waals surface area contributed by atoms with Crippen LogP contribution in [0.25, 0.3) is 6.08 Å². The van der Waals surface area contributed by atoms with Crippen LogP contribution in [0.1, 0.15) is 25.3 Å². The van der Waals surface area contributed by atoms with Crippen LogP contribution in [0.4, 0.5) is 0 Å². The van der Waals surface area contributed by atoms with Gasteiger partial charge in [0.2, 0.25) is 0 Å². The van der Waals surface area contributed by atoms with Crippen molar-refractivity contribution in [2.24, 2.45) is 0 Å². The molecular formula is C19H22O2. The van der Waals surface area contributed by atoms with Crippen LogP contribution in [-0.2, 0) is 9.53 Å². The van der Waals surface area contributed by atoms with Crippen LogP contribution in [0.15, 0.2) is 72.9 Å². The molecule has 21 heavy (non-hydrogen) atoms. The van der Waals surface area contributed by atoms with Crippen LogP contribution in [0, 0.1) is 0 Å². The summed E-state index contributed by atoms with van der Waals surface area (Å²) in [6, 6.07) is 9.84. The first-order chi connectivity index (χ1) is 10.3. The van der Waals surface area contributed by atoms with Gasteiger partial charge in [-0.25, -0.2) is 4.79 Å². The molecule has 0 amide bonds. The molecule has 0 aromatic heterocycles. The van der Waals surface area contributed by atoms with Gasteiger partial charge in [0.25, 0.3) is 0 Å². The van der Waals surface area contributed by atoms with Gasteiger partial charge in [0, 0.05) is 0 Å². The van der Waals surface area contributed by atoms with Crippen LogP contribution >= 0.6 is 0 Å². The van der Waals surface area contributed by atoms with Gasteiger partial charge in [-0.1, -0.05) is 74.6 Å². The molecular weight excluding hydrogens is 260 g/mol. The lowest BCUT2D eigenvalue weighted by molar-refractivity contribution is -0.138. The highest BCUT2D eigenvalue weighted by atomic mass is 16.5. The number of carbonyl (C=O) groups excluding carboxylic acids is 1. The van der Waals surface area contributed by atoms with E-state index < -0.39 is 0 Å². The predicted octanol–water partition coefficient (Wildman–Crippen LogP) is 4.71. The molecule has 0 aliphatic carbocycles. The summed E-state index contributed by atoms with van der Waals surface area (Å²) in [7, 11) is 0. The van der Waals surface area contributed by atoms with Crippen molar-refractivity contribution in [3.05, 3.63) is 78.4 Å². The van der Waals surface area contributed by atoms with Gasteiger partial charge < -0.3 is 4.74 Å². The molecule has 0 saturated carbocycles. The van der Waals surface area contributed by atoms with Crippen LogP contribution in [0.2, 0.25) is 0 Å². The zero-order chi connectivity index (χ0) is 15.3. The lowest BCUT2D eigenvalue weighted by Crippen LogP contribution is -2.07. The van der Waals surface area contributed by atoms with Gasteiger partial charge in [-0.2, -0.15) is 0 Å². The topological polar surface area (TPSA) is 26.3 Å². The average Bonchev–Trinajstić information content (AvgIpc) is 2.52. The second kappa shape index (κ2) is 10.4. The number of unbranched alkanes of at least 4 members (excludes halogenated alkanes) is 1. The lowest BCUT2D eigenvalue weighted by Gasteiger charge is -2.04. The SMILES string of the molecule is C=CC=CC=C(C=Cc1ccccc1)C(=O)OCCCC. The minimum Gasteiger partial charge on any atom is -0.462 e. The molecule has 1 aromatic carbocycles. The summed E-state index contributed by atoms with van der Waals surface area (Å²) in [5, 5.41) is 0. The van der Waals surface area contributed by atoms with Crippen LogP contribution < -0.4 is 0 Å². The van der Waals surface area contributed by atoms with Crippen molar-refractivity contribution in [1.29, 1.82) is 0 Å². The molecule has 0 unspecified atom stereocenters. The predicted molar refractivity (Wildman–Crippen MR) is 88.8 cm³/mol. The summed E-state index contributed by atoms with van der Waals surface area (Å²) < 4.78 is 5.25. The summed E-state index contributed by atoms with van der Waals surface area (Å²) in [4.78, 5) is 12.0. The normalized spacial score (nSPS) is 12.0. The first-order valence-electron chi connectivity index (χ1n) is 7.17. The second-order valence-corrected chi connectivity index (χ2v) is 4.48. The molecule has 0 atom stereocenters. The molecule has 0 radical (unpaired) electrons. The standard InChI is InChI=1S/C19H22O2/c1-3-5-8-13-18(19(20)21-16-6-4-2)15-14-17-11-9-7-10-12-17/h3,5,7-15H,1,4,6,16H2,2H3. The Bertz CT molecular complexity index is 522. The maximum atomic E-state index is 12.0. The number of allylic oxidation sites excluding steroid dienone is 4. The van der Waals surface area contributed by atoms with Crippen molar-refractivity contribution >= 4 is 12.0 Å². The fraction of sp³-hybridized carbons (Fsp3) is 0.211. The highest BCUT2D eigenvalue weighted by molar-refractivity contribution is 5.93. The third kappa shape index (κ3) is 7.11. The van der Waals surface area contributed by atoms with Crippen molar-refractivity contribution in [2.75, 3.05) is 6.61 Å². The summed E-state index contributed by atoms with van der Waals surface area (Å²) in [5.74, 6) is -0.302. The maximum Gasteiger partial charge on any atom is 0.338 e. The molecule has 0 N–H and O–H groups in total. The molecule has 0 aliphatic heterocycles. The highest BCUT2D eigenvalue weighted by Crippen LogP contribution is 2.08. The Morgan fingerprint density at radius 2 is 2.00 bits per heavy atom. The summed E-state index contributed by atoms with van der Waals surface area (Å²) in [6.45, 7) is 6.12. The van der Waals surface area contributed by atoms with E-state index in [1.54, 1.807) is 30.4 Å². The lowest BCUT2D eigenvalue weighted by atomic mass is 10.1. The van der Waals surface area contributed by atoms with E-state index in [0.29, 0.717) is 12.2 Å². The molecule has 1 aromatic rings. The minimum absolute atomic E-state index is 0.302. The Hall–Kier alpha value is -2.35. The van der Waals surface area contributed by atoms with Crippen molar-refractivity contribution in [3.63, 3.8) is 0 Å².